The lowest BCUT2D eigenvalue weighted by atomic mass is 9.78. The van der Waals surface area contributed by atoms with Crippen LogP contribution in [0.1, 0.15) is 31.2 Å². The molecule has 2 unspecified atom stereocenters. The van der Waals surface area contributed by atoms with Gasteiger partial charge in [-0.25, -0.2) is 0 Å². The SMILES string of the molecule is Cl.O=C(NCC1CNCC1O)C1(c2ccccc2)CCCC1. The van der Waals surface area contributed by atoms with Crippen LogP contribution in [0.4, 0.5) is 0 Å². The van der Waals surface area contributed by atoms with Gasteiger partial charge in [-0.2, -0.15) is 0 Å². The molecule has 0 aromatic heterocycles. The molecule has 1 aliphatic carbocycles. The number of carbonyl (C=O) groups excluding carboxylic acids is 1. The van der Waals surface area contributed by atoms with Crippen molar-refractivity contribution in [3.63, 3.8) is 0 Å². The van der Waals surface area contributed by atoms with Gasteiger partial charge >= 0.3 is 0 Å². The van der Waals surface area contributed by atoms with E-state index in [1.165, 1.54) is 0 Å². The van der Waals surface area contributed by atoms with Crippen molar-refractivity contribution >= 4 is 18.3 Å². The molecule has 2 atom stereocenters. The largest absolute Gasteiger partial charge is 0.391 e. The minimum absolute atomic E-state index is 0. The molecule has 0 spiro atoms. The number of hydrogen-bond donors (Lipinski definition) is 3. The Balaban J connectivity index is 0.00000176. The van der Waals surface area contributed by atoms with E-state index in [1.54, 1.807) is 0 Å². The number of benzene rings is 1. The molecule has 2 fully saturated rings. The zero-order chi connectivity index (χ0) is 14.7. The molecule has 1 saturated carbocycles. The molecule has 1 saturated heterocycles. The van der Waals surface area contributed by atoms with Crippen LogP contribution in [0.25, 0.3) is 0 Å². The average molecular weight is 325 g/mol. The van der Waals surface area contributed by atoms with Crippen LogP contribution >= 0.6 is 12.4 Å². The first-order valence-electron chi connectivity index (χ1n) is 7.95. The summed E-state index contributed by atoms with van der Waals surface area (Å²) in [6, 6.07) is 10.1. The van der Waals surface area contributed by atoms with E-state index in [9.17, 15) is 9.90 Å². The van der Waals surface area contributed by atoms with Gasteiger partial charge in [-0.15, -0.1) is 12.4 Å². The number of aliphatic hydroxyl groups is 1. The van der Waals surface area contributed by atoms with E-state index in [4.69, 9.17) is 0 Å². The number of rotatable bonds is 4. The first-order valence-corrected chi connectivity index (χ1v) is 7.95. The first-order chi connectivity index (χ1) is 10.2. The second-order valence-electron chi connectivity index (χ2n) is 6.35. The van der Waals surface area contributed by atoms with Crippen molar-refractivity contribution in [1.82, 2.24) is 10.6 Å². The van der Waals surface area contributed by atoms with Gasteiger partial charge in [0, 0.05) is 25.6 Å². The molecular formula is C17H25ClN2O2. The number of nitrogens with one attached hydrogen (secondary N) is 2. The van der Waals surface area contributed by atoms with Gasteiger partial charge < -0.3 is 15.7 Å². The van der Waals surface area contributed by atoms with E-state index in [1.807, 2.05) is 18.2 Å². The standard InChI is InChI=1S/C17H24N2O2.ClH/c20-15-12-18-10-13(15)11-19-16(21)17(8-4-5-9-17)14-6-2-1-3-7-14;/h1-3,6-7,13,15,18,20H,4-5,8-12H2,(H,19,21);1H. The van der Waals surface area contributed by atoms with Crippen LogP contribution in [-0.2, 0) is 10.2 Å². The van der Waals surface area contributed by atoms with Crippen molar-refractivity contribution in [2.75, 3.05) is 19.6 Å². The van der Waals surface area contributed by atoms with E-state index >= 15 is 0 Å². The summed E-state index contributed by atoms with van der Waals surface area (Å²) in [6.07, 6.45) is 3.72. The molecule has 22 heavy (non-hydrogen) atoms. The first kappa shape index (κ1) is 17.3. The number of β-amino-alcohol motifs (C(OH)–C–C–N with tert-alkyl or cyclic N) is 1. The Bertz CT molecular complexity index is 489. The topological polar surface area (TPSA) is 61.4 Å². The highest BCUT2D eigenvalue weighted by Crippen LogP contribution is 2.41. The molecule has 1 aliphatic heterocycles. The molecular weight excluding hydrogens is 300 g/mol. The lowest BCUT2D eigenvalue weighted by Gasteiger charge is -2.29. The third-order valence-corrected chi connectivity index (χ3v) is 5.05. The van der Waals surface area contributed by atoms with Crippen LogP contribution in [0.2, 0.25) is 0 Å². The quantitative estimate of drug-likeness (QED) is 0.788. The maximum Gasteiger partial charge on any atom is 0.230 e. The van der Waals surface area contributed by atoms with E-state index in [2.05, 4.69) is 22.8 Å². The van der Waals surface area contributed by atoms with Crippen LogP contribution < -0.4 is 10.6 Å². The lowest BCUT2D eigenvalue weighted by molar-refractivity contribution is -0.126. The fourth-order valence-electron chi connectivity index (χ4n) is 3.70. The van der Waals surface area contributed by atoms with Crippen LogP contribution in [0.15, 0.2) is 30.3 Å². The summed E-state index contributed by atoms with van der Waals surface area (Å²) < 4.78 is 0. The van der Waals surface area contributed by atoms with Gasteiger partial charge in [0.1, 0.15) is 0 Å². The molecule has 3 N–H and O–H groups in total. The van der Waals surface area contributed by atoms with Gasteiger partial charge in [-0.3, -0.25) is 4.79 Å². The summed E-state index contributed by atoms with van der Waals surface area (Å²) in [7, 11) is 0. The van der Waals surface area contributed by atoms with E-state index in [0.29, 0.717) is 13.1 Å². The summed E-state index contributed by atoms with van der Waals surface area (Å²) >= 11 is 0. The van der Waals surface area contributed by atoms with Gasteiger partial charge in [0.15, 0.2) is 0 Å². The van der Waals surface area contributed by atoms with Crippen LogP contribution in [-0.4, -0.2) is 36.8 Å². The Kier molecular flexibility index (Phi) is 5.84. The summed E-state index contributed by atoms with van der Waals surface area (Å²) in [5, 5.41) is 16.1. The predicted molar refractivity (Wildman–Crippen MR) is 89.2 cm³/mol. The smallest absolute Gasteiger partial charge is 0.230 e. The van der Waals surface area contributed by atoms with Crippen LogP contribution in [0.5, 0.6) is 0 Å². The molecule has 1 amide bonds. The van der Waals surface area contributed by atoms with Gasteiger partial charge in [0.25, 0.3) is 0 Å². The molecule has 0 radical (unpaired) electrons. The Morgan fingerprint density at radius 2 is 1.91 bits per heavy atom. The normalized spacial score (nSPS) is 26.4. The second-order valence-corrected chi connectivity index (χ2v) is 6.35. The molecule has 0 bridgehead atoms. The maximum absolute atomic E-state index is 12.8. The average Bonchev–Trinajstić information content (AvgIpc) is 3.16. The van der Waals surface area contributed by atoms with E-state index < -0.39 is 0 Å². The van der Waals surface area contributed by atoms with Crippen molar-refractivity contribution in [3.05, 3.63) is 35.9 Å². The van der Waals surface area contributed by atoms with Crippen molar-refractivity contribution in [2.45, 2.75) is 37.2 Å². The van der Waals surface area contributed by atoms with Gasteiger partial charge in [0.2, 0.25) is 5.91 Å². The number of hydrogen-bond acceptors (Lipinski definition) is 3. The highest BCUT2D eigenvalue weighted by atomic mass is 35.5. The second kappa shape index (κ2) is 7.44. The van der Waals surface area contributed by atoms with Gasteiger partial charge in [0.05, 0.1) is 11.5 Å². The Labute approximate surface area is 138 Å². The van der Waals surface area contributed by atoms with Gasteiger partial charge in [-0.1, -0.05) is 43.2 Å². The molecule has 4 nitrogen and oxygen atoms in total. The van der Waals surface area contributed by atoms with Crippen molar-refractivity contribution in [3.8, 4) is 0 Å². The third kappa shape index (κ3) is 3.29. The Morgan fingerprint density at radius 3 is 2.50 bits per heavy atom. The van der Waals surface area contributed by atoms with Crippen molar-refractivity contribution < 1.29 is 9.90 Å². The lowest BCUT2D eigenvalue weighted by Crippen LogP contribution is -2.45. The Hall–Kier alpha value is -1.10. The highest BCUT2D eigenvalue weighted by Gasteiger charge is 2.42. The molecule has 122 valence electrons. The maximum atomic E-state index is 12.8. The highest BCUT2D eigenvalue weighted by molar-refractivity contribution is 5.88. The van der Waals surface area contributed by atoms with Crippen molar-refractivity contribution in [1.29, 1.82) is 0 Å². The Morgan fingerprint density at radius 1 is 1.23 bits per heavy atom. The molecule has 2 aliphatic rings. The molecule has 1 heterocycles. The number of aliphatic hydroxyl groups excluding tert-OH is 1. The van der Waals surface area contributed by atoms with Crippen LogP contribution in [0.3, 0.4) is 0 Å². The third-order valence-electron chi connectivity index (χ3n) is 5.05. The van der Waals surface area contributed by atoms with Gasteiger partial charge in [-0.05, 0) is 18.4 Å². The van der Waals surface area contributed by atoms with Crippen LogP contribution in [0, 0.1) is 5.92 Å². The number of halogens is 1. The molecule has 1 aromatic rings. The number of carbonyl (C=O) groups is 1. The zero-order valence-corrected chi connectivity index (χ0v) is 13.6. The monoisotopic (exact) mass is 324 g/mol. The summed E-state index contributed by atoms with van der Waals surface area (Å²) in [6.45, 7) is 1.96. The van der Waals surface area contributed by atoms with E-state index in [0.717, 1.165) is 37.8 Å². The summed E-state index contributed by atoms with van der Waals surface area (Å²) in [5.41, 5.74) is 0.767. The fraction of sp³-hybridized carbons (Fsp3) is 0.588. The fourth-order valence-corrected chi connectivity index (χ4v) is 3.70. The minimum Gasteiger partial charge on any atom is -0.391 e. The molecule has 5 heteroatoms. The minimum atomic E-state index is -0.363. The zero-order valence-electron chi connectivity index (χ0n) is 12.8. The van der Waals surface area contributed by atoms with E-state index in [-0.39, 0.29) is 35.8 Å². The number of amides is 1. The molecule has 1 aromatic carbocycles. The summed E-state index contributed by atoms with van der Waals surface area (Å²) in [5.74, 6) is 0.258. The molecule has 3 rings (SSSR count). The van der Waals surface area contributed by atoms with Crippen molar-refractivity contribution in [2.24, 2.45) is 5.92 Å². The predicted octanol–water partition coefficient (Wildman–Crippen LogP) is 1.62. The summed E-state index contributed by atoms with van der Waals surface area (Å²) in [4.78, 5) is 12.8.